The van der Waals surface area contributed by atoms with Gasteiger partial charge in [-0.1, -0.05) is 18.2 Å². The van der Waals surface area contributed by atoms with Crippen molar-refractivity contribution in [1.82, 2.24) is 14.8 Å². The number of para-hydroxylation sites is 1. The van der Waals surface area contributed by atoms with Crippen LogP contribution in [0.15, 0.2) is 64.3 Å². The Morgan fingerprint density at radius 1 is 1.08 bits per heavy atom. The Labute approximate surface area is 148 Å². The molecule has 128 valence electrons. The number of halogens is 1. The average molecular weight is 356 g/mol. The van der Waals surface area contributed by atoms with Crippen LogP contribution in [0.4, 0.5) is 16.0 Å². The highest BCUT2D eigenvalue weighted by Crippen LogP contribution is 2.21. The number of hydrogen-bond acceptors (Lipinski definition) is 5. The van der Waals surface area contributed by atoms with Gasteiger partial charge in [-0.15, -0.1) is 22.0 Å². The van der Waals surface area contributed by atoms with Gasteiger partial charge in [0, 0.05) is 22.9 Å². The van der Waals surface area contributed by atoms with Crippen molar-refractivity contribution in [1.29, 1.82) is 0 Å². The van der Waals surface area contributed by atoms with Crippen LogP contribution in [0.3, 0.4) is 0 Å². The van der Waals surface area contributed by atoms with Gasteiger partial charge in [0.05, 0.1) is 0 Å². The van der Waals surface area contributed by atoms with E-state index in [1.807, 2.05) is 37.3 Å². The minimum Gasteiger partial charge on any atom is -0.324 e. The minimum atomic E-state index is -0.284. The van der Waals surface area contributed by atoms with Gasteiger partial charge in [-0.25, -0.2) is 4.39 Å². The van der Waals surface area contributed by atoms with Gasteiger partial charge in [-0.05, 0) is 43.3 Å². The quantitative estimate of drug-likeness (QED) is 0.680. The van der Waals surface area contributed by atoms with Crippen molar-refractivity contribution in [3.05, 3.63) is 76.5 Å². The van der Waals surface area contributed by atoms with Gasteiger partial charge >= 0.3 is 0 Å². The first-order chi connectivity index (χ1) is 12.2. The predicted molar refractivity (Wildman–Crippen MR) is 97.7 cm³/mol. The summed E-state index contributed by atoms with van der Waals surface area (Å²) in [5, 5.41) is 11.3. The fraction of sp³-hybridized carbons (Fsp3) is 0.167. The molecule has 0 amide bonds. The lowest BCUT2D eigenvalue weighted by atomic mass is 10.3. The van der Waals surface area contributed by atoms with Crippen LogP contribution in [0, 0.1) is 5.82 Å². The number of anilines is 2. The summed E-state index contributed by atoms with van der Waals surface area (Å²) in [4.78, 5) is 13.5. The molecule has 0 fully saturated rings. The average Bonchev–Trinajstić information content (AvgIpc) is 2.63. The Balaban J connectivity index is 1.79. The molecule has 0 aliphatic heterocycles. The second-order valence-electron chi connectivity index (χ2n) is 5.25. The topological polar surface area (TPSA) is 59.8 Å². The largest absolute Gasteiger partial charge is 0.324 e. The normalized spacial score (nSPS) is 10.6. The highest BCUT2D eigenvalue weighted by atomic mass is 32.2. The molecule has 0 bridgehead atoms. The molecule has 0 atom stereocenters. The number of nitrogens with one attached hydrogen (secondary N) is 1. The van der Waals surface area contributed by atoms with Gasteiger partial charge in [0.15, 0.2) is 0 Å². The number of rotatable bonds is 6. The molecular weight excluding hydrogens is 339 g/mol. The molecule has 0 unspecified atom stereocenters. The van der Waals surface area contributed by atoms with E-state index in [1.54, 1.807) is 16.7 Å². The summed E-state index contributed by atoms with van der Waals surface area (Å²) in [5.41, 5.74) is 1.03. The number of benzene rings is 2. The molecule has 1 aromatic heterocycles. The molecule has 3 rings (SSSR count). The third-order valence-corrected chi connectivity index (χ3v) is 4.57. The zero-order valence-electron chi connectivity index (χ0n) is 13.6. The number of aromatic nitrogens is 3. The van der Waals surface area contributed by atoms with E-state index in [2.05, 4.69) is 15.5 Å². The summed E-state index contributed by atoms with van der Waals surface area (Å²) in [5.74, 6) is 0.506. The molecule has 1 N–H and O–H groups in total. The van der Waals surface area contributed by atoms with E-state index in [4.69, 9.17) is 0 Å². The Kier molecular flexibility index (Phi) is 5.45. The summed E-state index contributed by atoms with van der Waals surface area (Å²) < 4.78 is 14.5. The van der Waals surface area contributed by atoms with Crippen molar-refractivity contribution in [3.8, 4) is 0 Å². The van der Waals surface area contributed by atoms with Crippen molar-refractivity contribution in [2.45, 2.75) is 24.1 Å². The van der Waals surface area contributed by atoms with Gasteiger partial charge in [0.25, 0.3) is 5.56 Å². The minimum absolute atomic E-state index is 0.175. The van der Waals surface area contributed by atoms with Crippen molar-refractivity contribution >= 4 is 23.4 Å². The van der Waals surface area contributed by atoms with E-state index in [-0.39, 0.29) is 11.4 Å². The molecule has 0 spiro atoms. The molecule has 25 heavy (non-hydrogen) atoms. The summed E-state index contributed by atoms with van der Waals surface area (Å²) in [6, 6.07) is 15.6. The monoisotopic (exact) mass is 356 g/mol. The third-order valence-electron chi connectivity index (χ3n) is 3.55. The van der Waals surface area contributed by atoms with Crippen LogP contribution in [0.1, 0.15) is 12.6 Å². The molecule has 5 nitrogen and oxygen atoms in total. The first kappa shape index (κ1) is 17.2. The smallest absolute Gasteiger partial charge is 0.277 e. The zero-order chi connectivity index (χ0) is 17.6. The maximum absolute atomic E-state index is 12.9. The number of thioether (sulfide) groups is 1. The highest BCUT2D eigenvalue weighted by Gasteiger charge is 2.11. The van der Waals surface area contributed by atoms with E-state index >= 15 is 0 Å². The molecule has 0 aliphatic rings. The summed E-state index contributed by atoms with van der Waals surface area (Å²) in [7, 11) is 0. The molecule has 0 radical (unpaired) electrons. The van der Waals surface area contributed by atoms with E-state index < -0.39 is 0 Å². The standard InChI is InChI=1S/C18H17FN4OS/c1-2-23-17(24)16(12-25-15-10-8-13(19)9-11-15)21-22-18(23)20-14-6-4-3-5-7-14/h3-11H,2,12H2,1H3,(H,20,22). The first-order valence-corrected chi connectivity index (χ1v) is 8.82. The first-order valence-electron chi connectivity index (χ1n) is 7.84. The van der Waals surface area contributed by atoms with Gasteiger partial charge in [0.1, 0.15) is 11.5 Å². The molecule has 0 saturated carbocycles. The van der Waals surface area contributed by atoms with Crippen LogP contribution in [0.25, 0.3) is 0 Å². The van der Waals surface area contributed by atoms with E-state index in [1.165, 1.54) is 23.9 Å². The molecule has 1 heterocycles. The molecule has 2 aromatic carbocycles. The summed E-state index contributed by atoms with van der Waals surface area (Å²) in [6.45, 7) is 2.37. The Morgan fingerprint density at radius 3 is 2.48 bits per heavy atom. The number of hydrogen-bond donors (Lipinski definition) is 1. The lowest BCUT2D eigenvalue weighted by Crippen LogP contribution is -2.27. The Bertz CT molecular complexity index is 897. The van der Waals surface area contributed by atoms with Crippen LogP contribution in [0.5, 0.6) is 0 Å². The van der Waals surface area contributed by atoms with Crippen LogP contribution in [0.2, 0.25) is 0 Å². The maximum Gasteiger partial charge on any atom is 0.277 e. The Hall–Kier alpha value is -2.67. The van der Waals surface area contributed by atoms with Gasteiger partial charge < -0.3 is 5.32 Å². The van der Waals surface area contributed by atoms with Crippen LogP contribution in [-0.2, 0) is 12.3 Å². The SMILES string of the molecule is CCn1c(Nc2ccccc2)nnc(CSc2ccc(F)cc2)c1=O. The molecule has 7 heteroatoms. The fourth-order valence-corrected chi connectivity index (χ4v) is 3.08. The Morgan fingerprint density at radius 2 is 1.80 bits per heavy atom. The van der Waals surface area contributed by atoms with Crippen molar-refractivity contribution in [2.75, 3.05) is 5.32 Å². The fourth-order valence-electron chi connectivity index (χ4n) is 2.27. The van der Waals surface area contributed by atoms with Gasteiger partial charge in [-0.3, -0.25) is 9.36 Å². The maximum atomic E-state index is 12.9. The third kappa shape index (κ3) is 4.24. The second kappa shape index (κ2) is 7.94. The molecule has 3 aromatic rings. The summed E-state index contributed by atoms with van der Waals surface area (Å²) in [6.07, 6.45) is 0. The highest BCUT2D eigenvalue weighted by molar-refractivity contribution is 7.98. The van der Waals surface area contributed by atoms with Crippen molar-refractivity contribution < 1.29 is 4.39 Å². The van der Waals surface area contributed by atoms with E-state index in [0.29, 0.717) is 23.9 Å². The lowest BCUT2D eigenvalue weighted by Gasteiger charge is -2.12. The van der Waals surface area contributed by atoms with Crippen molar-refractivity contribution in [2.24, 2.45) is 0 Å². The summed E-state index contributed by atoms with van der Waals surface area (Å²) >= 11 is 1.42. The van der Waals surface area contributed by atoms with E-state index in [0.717, 1.165) is 10.6 Å². The van der Waals surface area contributed by atoms with Gasteiger partial charge in [0.2, 0.25) is 5.95 Å². The van der Waals surface area contributed by atoms with Gasteiger partial charge in [-0.2, -0.15) is 0 Å². The zero-order valence-corrected chi connectivity index (χ0v) is 14.5. The van der Waals surface area contributed by atoms with Crippen LogP contribution in [-0.4, -0.2) is 14.8 Å². The second-order valence-corrected chi connectivity index (χ2v) is 6.30. The van der Waals surface area contributed by atoms with Crippen molar-refractivity contribution in [3.63, 3.8) is 0 Å². The number of nitrogens with zero attached hydrogens (tertiary/aromatic N) is 3. The lowest BCUT2D eigenvalue weighted by molar-refractivity contribution is 0.626. The van der Waals surface area contributed by atoms with E-state index in [9.17, 15) is 9.18 Å². The van der Waals surface area contributed by atoms with Crippen LogP contribution >= 0.6 is 11.8 Å². The predicted octanol–water partition coefficient (Wildman–Crippen LogP) is 3.83. The molecule has 0 aliphatic carbocycles. The molecular formula is C18H17FN4OS. The van der Waals surface area contributed by atoms with Crippen LogP contribution < -0.4 is 10.9 Å². The molecule has 0 saturated heterocycles.